The average Bonchev–Trinajstić information content (AvgIpc) is 3.16. The average molecular weight is 372 g/mol. The van der Waals surface area contributed by atoms with Crippen molar-refractivity contribution in [2.45, 2.75) is 38.5 Å². The van der Waals surface area contributed by atoms with E-state index in [-0.39, 0.29) is 22.4 Å². The van der Waals surface area contributed by atoms with Crippen molar-refractivity contribution in [2.75, 3.05) is 14.2 Å². The van der Waals surface area contributed by atoms with Crippen molar-refractivity contribution >= 4 is 16.0 Å². The molecule has 25 heavy (non-hydrogen) atoms. The highest BCUT2D eigenvalue weighted by Crippen LogP contribution is 2.23. The first-order chi connectivity index (χ1) is 11.7. The second-order valence-electron chi connectivity index (χ2n) is 5.16. The number of carbonyl (C=O) groups excluding carboxylic acids is 1. The van der Waals surface area contributed by atoms with Crippen LogP contribution in [0.1, 0.15) is 41.8 Å². The summed E-state index contributed by atoms with van der Waals surface area (Å²) >= 11 is 0. The second kappa shape index (κ2) is 7.23. The van der Waals surface area contributed by atoms with Gasteiger partial charge in [0.1, 0.15) is 11.3 Å². The lowest BCUT2D eigenvalue weighted by Gasteiger charge is -2.13. The highest BCUT2D eigenvalue weighted by molar-refractivity contribution is 7.89. The van der Waals surface area contributed by atoms with Crippen molar-refractivity contribution in [1.29, 1.82) is 0 Å². The molecule has 0 saturated heterocycles. The number of carbonyl (C=O) groups is 1. The Hall–Kier alpha value is -2.40. The number of rotatable bonds is 7. The van der Waals surface area contributed by atoms with Crippen LogP contribution in [-0.2, 0) is 21.3 Å². The van der Waals surface area contributed by atoms with Gasteiger partial charge in [-0.3, -0.25) is 4.57 Å². The fourth-order valence-corrected chi connectivity index (χ4v) is 3.51. The first-order valence-corrected chi connectivity index (χ1v) is 8.91. The van der Waals surface area contributed by atoms with Crippen LogP contribution in [0.25, 0.3) is 0 Å². The molecule has 2 rings (SSSR count). The summed E-state index contributed by atoms with van der Waals surface area (Å²) in [6.07, 6.45) is 0. The molecular weight excluding hydrogens is 352 g/mol. The van der Waals surface area contributed by atoms with Gasteiger partial charge in [0.25, 0.3) is 10.0 Å². The van der Waals surface area contributed by atoms with Crippen molar-refractivity contribution in [3.8, 4) is 6.01 Å². The first kappa shape index (κ1) is 18.9. The molecule has 138 valence electrons. The fourth-order valence-electron chi connectivity index (χ4n) is 2.31. The molecule has 0 spiro atoms. The highest BCUT2D eigenvalue weighted by Gasteiger charge is 2.28. The van der Waals surface area contributed by atoms with Crippen molar-refractivity contribution < 1.29 is 27.1 Å². The molecule has 0 radical (unpaired) electrons. The van der Waals surface area contributed by atoms with E-state index in [2.05, 4.69) is 19.7 Å². The Balaban J connectivity index is 2.30. The Kier molecular flexibility index (Phi) is 5.48. The van der Waals surface area contributed by atoms with Gasteiger partial charge >= 0.3 is 12.0 Å². The Labute approximate surface area is 145 Å². The normalized spacial score (nSPS) is 12.8. The number of hydrogen-bond acceptors (Lipinski definition) is 8. The van der Waals surface area contributed by atoms with Crippen LogP contribution in [0, 0.1) is 6.92 Å². The second-order valence-corrected chi connectivity index (χ2v) is 6.80. The third-order valence-electron chi connectivity index (χ3n) is 3.53. The lowest BCUT2D eigenvalue weighted by molar-refractivity contribution is 0.0598. The molecule has 10 nitrogen and oxygen atoms in total. The van der Waals surface area contributed by atoms with Gasteiger partial charge < -0.3 is 13.9 Å². The van der Waals surface area contributed by atoms with Gasteiger partial charge in [0, 0.05) is 12.6 Å². The van der Waals surface area contributed by atoms with Crippen LogP contribution < -0.4 is 9.46 Å². The van der Waals surface area contributed by atoms with E-state index in [0.717, 1.165) is 6.07 Å². The summed E-state index contributed by atoms with van der Waals surface area (Å²) in [5.74, 6) is -0.135. The summed E-state index contributed by atoms with van der Waals surface area (Å²) in [7, 11) is -1.36. The summed E-state index contributed by atoms with van der Waals surface area (Å²) in [6, 6.07) is 0.708. The number of hydrogen-bond donors (Lipinski definition) is 1. The third-order valence-corrected chi connectivity index (χ3v) is 4.92. The number of sulfonamides is 1. The molecule has 0 aromatic carbocycles. The Morgan fingerprint density at radius 3 is 2.64 bits per heavy atom. The quantitative estimate of drug-likeness (QED) is 0.714. The molecule has 2 heterocycles. The molecular formula is C14H20N4O6S. The van der Waals surface area contributed by atoms with E-state index in [1.54, 1.807) is 11.5 Å². The van der Waals surface area contributed by atoms with Crippen molar-refractivity contribution in [3.05, 3.63) is 23.2 Å². The van der Waals surface area contributed by atoms with Gasteiger partial charge in [-0.1, -0.05) is 5.10 Å². The minimum Gasteiger partial charge on any atom is -0.467 e. The number of aryl methyl sites for hydroxylation is 1. The van der Waals surface area contributed by atoms with E-state index in [1.807, 2.05) is 6.92 Å². The predicted molar refractivity (Wildman–Crippen MR) is 85.8 cm³/mol. The maximum absolute atomic E-state index is 12.5. The lowest BCUT2D eigenvalue weighted by atomic mass is 10.3. The zero-order valence-electron chi connectivity index (χ0n) is 14.6. The van der Waals surface area contributed by atoms with Crippen LogP contribution in [0.4, 0.5) is 0 Å². The van der Waals surface area contributed by atoms with Crippen LogP contribution >= 0.6 is 0 Å². The summed E-state index contributed by atoms with van der Waals surface area (Å²) in [6.45, 7) is 5.45. The zero-order valence-corrected chi connectivity index (χ0v) is 15.4. The standard InChI is InChI=1S/C14H20N4O6S/c1-6-18-12(15-16-14(18)23-5)8(2)17-25(20,21)11-7-10(9(3)24-11)13(19)22-4/h7-8,17H,6H2,1-5H3/t8-/m1/s1. The van der Waals surface area contributed by atoms with E-state index in [1.165, 1.54) is 21.1 Å². The molecule has 2 aromatic heterocycles. The molecule has 0 saturated carbocycles. The minimum absolute atomic E-state index is 0.0499. The first-order valence-electron chi connectivity index (χ1n) is 7.43. The van der Waals surface area contributed by atoms with E-state index >= 15 is 0 Å². The maximum atomic E-state index is 12.5. The number of furan rings is 1. The highest BCUT2D eigenvalue weighted by atomic mass is 32.2. The largest absolute Gasteiger partial charge is 0.467 e. The summed E-state index contributed by atoms with van der Waals surface area (Å²) < 4.78 is 44.0. The van der Waals surface area contributed by atoms with Gasteiger partial charge in [-0.2, -0.15) is 4.72 Å². The topological polar surface area (TPSA) is 126 Å². The van der Waals surface area contributed by atoms with Gasteiger partial charge in [0.05, 0.1) is 20.3 Å². The summed E-state index contributed by atoms with van der Waals surface area (Å²) in [4.78, 5) is 11.6. The predicted octanol–water partition coefficient (Wildman–Crippen LogP) is 1.03. The van der Waals surface area contributed by atoms with Gasteiger partial charge in [-0.15, -0.1) is 5.10 Å². The molecule has 0 aliphatic heterocycles. The molecule has 1 atom stereocenters. The smallest absolute Gasteiger partial charge is 0.341 e. The maximum Gasteiger partial charge on any atom is 0.341 e. The third kappa shape index (κ3) is 3.66. The minimum atomic E-state index is -4.02. The molecule has 0 amide bonds. The molecule has 0 bridgehead atoms. The molecule has 0 fully saturated rings. The number of esters is 1. The number of nitrogens with zero attached hydrogens (tertiary/aromatic N) is 3. The van der Waals surface area contributed by atoms with Crippen molar-refractivity contribution in [2.24, 2.45) is 0 Å². The number of methoxy groups -OCH3 is 2. The van der Waals surface area contributed by atoms with Gasteiger partial charge in [0.2, 0.25) is 5.09 Å². The molecule has 2 aromatic rings. The van der Waals surface area contributed by atoms with E-state index < -0.39 is 22.0 Å². The zero-order chi connectivity index (χ0) is 18.8. The molecule has 0 unspecified atom stereocenters. The fraction of sp³-hybridized carbons (Fsp3) is 0.500. The monoisotopic (exact) mass is 372 g/mol. The molecule has 11 heteroatoms. The van der Waals surface area contributed by atoms with Crippen LogP contribution in [0.3, 0.4) is 0 Å². The number of nitrogens with one attached hydrogen (secondary N) is 1. The molecule has 0 aliphatic carbocycles. The Morgan fingerprint density at radius 1 is 1.40 bits per heavy atom. The lowest BCUT2D eigenvalue weighted by Crippen LogP contribution is -2.28. The van der Waals surface area contributed by atoms with Crippen molar-refractivity contribution in [3.63, 3.8) is 0 Å². The van der Waals surface area contributed by atoms with Crippen molar-refractivity contribution in [1.82, 2.24) is 19.5 Å². The number of aromatic nitrogens is 3. The van der Waals surface area contributed by atoms with Crippen LogP contribution in [0.2, 0.25) is 0 Å². The van der Waals surface area contributed by atoms with Crippen LogP contribution in [-0.4, -0.2) is 43.4 Å². The van der Waals surface area contributed by atoms with Crippen LogP contribution in [0.15, 0.2) is 15.6 Å². The number of ether oxygens (including phenoxy) is 2. The van der Waals surface area contributed by atoms with Gasteiger partial charge in [0.15, 0.2) is 5.82 Å². The Bertz CT molecular complexity index is 870. The SMILES string of the molecule is CCn1c(OC)nnc1[C@@H](C)NS(=O)(=O)c1cc(C(=O)OC)c(C)o1. The molecule has 1 N–H and O–H groups in total. The molecule has 0 aliphatic rings. The van der Waals surface area contributed by atoms with Gasteiger partial charge in [-0.05, 0) is 20.8 Å². The van der Waals surface area contributed by atoms with E-state index in [9.17, 15) is 13.2 Å². The summed E-state index contributed by atoms with van der Waals surface area (Å²) in [5, 5.41) is 7.43. The summed E-state index contributed by atoms with van der Waals surface area (Å²) in [5.41, 5.74) is 0.0499. The van der Waals surface area contributed by atoms with E-state index in [4.69, 9.17) is 9.15 Å². The van der Waals surface area contributed by atoms with Crippen LogP contribution in [0.5, 0.6) is 6.01 Å². The Morgan fingerprint density at radius 2 is 2.08 bits per heavy atom. The van der Waals surface area contributed by atoms with Gasteiger partial charge in [-0.25, -0.2) is 13.2 Å². The van der Waals surface area contributed by atoms with E-state index in [0.29, 0.717) is 12.4 Å².